The summed E-state index contributed by atoms with van der Waals surface area (Å²) < 4.78 is 4.59. The van der Waals surface area contributed by atoms with E-state index in [2.05, 4.69) is 29.2 Å². The van der Waals surface area contributed by atoms with E-state index in [0.717, 1.165) is 12.8 Å². The molecule has 3 N–H and O–H groups in total. The first kappa shape index (κ1) is 12.4. The number of rotatable bonds is 0. The molecule has 2 heterocycles. The molecule has 5 nitrogen and oxygen atoms in total. The topological polar surface area (TPSA) is 70.6 Å². The lowest BCUT2D eigenvalue weighted by Crippen LogP contribution is -2.38. The molecule has 0 bridgehead atoms. The zero-order valence-electron chi connectivity index (χ0n) is 9.62. The molecule has 1 amide bonds. The Labute approximate surface area is 95.2 Å². The predicted octanol–water partition coefficient (Wildman–Crippen LogP) is 1.15. The number of aliphatic hydroxyl groups excluding tert-OH is 1. The van der Waals surface area contributed by atoms with Crippen LogP contribution in [0.25, 0.3) is 0 Å². The molecule has 0 radical (unpaired) electrons. The van der Waals surface area contributed by atoms with Crippen LogP contribution < -0.4 is 10.6 Å². The van der Waals surface area contributed by atoms with E-state index in [0.29, 0.717) is 5.76 Å². The van der Waals surface area contributed by atoms with E-state index in [4.69, 9.17) is 5.11 Å². The van der Waals surface area contributed by atoms with Crippen molar-refractivity contribution in [3.8, 4) is 0 Å². The monoisotopic (exact) mass is 226 g/mol. The summed E-state index contributed by atoms with van der Waals surface area (Å²) in [4.78, 5) is 10.2. The van der Waals surface area contributed by atoms with Crippen LogP contribution in [0.2, 0.25) is 0 Å². The van der Waals surface area contributed by atoms with Gasteiger partial charge in [-0.2, -0.15) is 0 Å². The number of hydrogen-bond acceptors (Lipinski definition) is 4. The fourth-order valence-corrected chi connectivity index (χ4v) is 1.20. The fraction of sp³-hybridized carbons (Fsp3) is 0.545. The lowest BCUT2D eigenvalue weighted by atomic mass is 9.96. The molecule has 0 aromatic heterocycles. The molecule has 90 valence electrons. The molecule has 0 fully saturated rings. The maximum atomic E-state index is 10.2. The Morgan fingerprint density at radius 1 is 1.50 bits per heavy atom. The first-order chi connectivity index (χ1) is 7.49. The van der Waals surface area contributed by atoms with Gasteiger partial charge in [0, 0.05) is 24.4 Å². The summed E-state index contributed by atoms with van der Waals surface area (Å²) in [6, 6.07) is 0. The number of hydrogen-bond donors (Lipinski definition) is 3. The van der Waals surface area contributed by atoms with Gasteiger partial charge in [-0.25, -0.2) is 0 Å². The van der Waals surface area contributed by atoms with Crippen LogP contribution in [0.3, 0.4) is 0 Å². The van der Waals surface area contributed by atoms with E-state index < -0.39 is 0 Å². The van der Waals surface area contributed by atoms with Crippen molar-refractivity contribution in [3.05, 3.63) is 24.4 Å². The van der Waals surface area contributed by atoms with Crippen LogP contribution in [0.5, 0.6) is 0 Å². The summed E-state index contributed by atoms with van der Waals surface area (Å²) in [5.74, 6) is 0.372. The third-order valence-electron chi connectivity index (χ3n) is 2.26. The standard InChI is InChI=1S/C7H13NO.C4H5NO2/c1-7(2)4-3-6(9)5-8-7;6-4-3-7-2-1-5-4/h5,8-9H,3-4H2,1-2H3;1-2H,3H2,(H,5,6). The van der Waals surface area contributed by atoms with E-state index in [1.807, 2.05) is 0 Å². The fourth-order valence-electron chi connectivity index (χ4n) is 1.20. The van der Waals surface area contributed by atoms with Crippen molar-refractivity contribution in [2.75, 3.05) is 6.61 Å². The Hall–Kier alpha value is -1.65. The van der Waals surface area contributed by atoms with Crippen molar-refractivity contribution >= 4 is 5.91 Å². The van der Waals surface area contributed by atoms with Gasteiger partial charge < -0.3 is 20.5 Å². The van der Waals surface area contributed by atoms with Crippen LogP contribution in [0, 0.1) is 0 Å². The van der Waals surface area contributed by atoms with Crippen LogP contribution >= 0.6 is 0 Å². The zero-order valence-corrected chi connectivity index (χ0v) is 9.62. The molecule has 2 rings (SSSR count). The van der Waals surface area contributed by atoms with Crippen LogP contribution in [0.4, 0.5) is 0 Å². The van der Waals surface area contributed by atoms with Crippen molar-refractivity contribution in [3.63, 3.8) is 0 Å². The van der Waals surface area contributed by atoms with Crippen molar-refractivity contribution in [2.45, 2.75) is 32.2 Å². The van der Waals surface area contributed by atoms with Crippen LogP contribution in [-0.4, -0.2) is 23.2 Å². The van der Waals surface area contributed by atoms with Gasteiger partial charge in [0.1, 0.15) is 5.76 Å². The number of nitrogens with one attached hydrogen (secondary N) is 2. The van der Waals surface area contributed by atoms with Crippen molar-refractivity contribution in [2.24, 2.45) is 0 Å². The van der Waals surface area contributed by atoms with Crippen molar-refractivity contribution in [1.29, 1.82) is 0 Å². The average Bonchev–Trinajstić information content (AvgIpc) is 2.25. The number of amides is 1. The summed E-state index contributed by atoms with van der Waals surface area (Å²) in [6.45, 7) is 4.39. The SMILES string of the molecule is CC1(C)CCC(O)=CN1.O=C1COC=CN1. The van der Waals surface area contributed by atoms with E-state index in [-0.39, 0.29) is 18.1 Å². The number of carbonyl (C=O) groups excluding carboxylic acids is 1. The van der Waals surface area contributed by atoms with Gasteiger partial charge in [0.15, 0.2) is 6.61 Å². The predicted molar refractivity (Wildman–Crippen MR) is 60.4 cm³/mol. The largest absolute Gasteiger partial charge is 0.511 e. The average molecular weight is 226 g/mol. The Morgan fingerprint density at radius 3 is 2.56 bits per heavy atom. The Bertz CT molecular complexity index is 308. The highest BCUT2D eigenvalue weighted by molar-refractivity contribution is 5.78. The van der Waals surface area contributed by atoms with Gasteiger partial charge >= 0.3 is 0 Å². The smallest absolute Gasteiger partial charge is 0.261 e. The Kier molecular flexibility index (Phi) is 4.22. The van der Waals surface area contributed by atoms with Gasteiger partial charge in [-0.05, 0) is 20.3 Å². The first-order valence-corrected chi connectivity index (χ1v) is 5.21. The van der Waals surface area contributed by atoms with E-state index >= 15 is 0 Å². The van der Waals surface area contributed by atoms with Gasteiger partial charge in [0.05, 0.1) is 6.26 Å². The molecule has 0 aromatic rings. The maximum Gasteiger partial charge on any atom is 0.261 e. The van der Waals surface area contributed by atoms with Gasteiger partial charge in [-0.1, -0.05) is 0 Å². The van der Waals surface area contributed by atoms with Crippen LogP contribution in [-0.2, 0) is 9.53 Å². The highest BCUT2D eigenvalue weighted by atomic mass is 16.5. The lowest BCUT2D eigenvalue weighted by molar-refractivity contribution is -0.124. The highest BCUT2D eigenvalue weighted by Gasteiger charge is 2.19. The summed E-state index contributed by atoms with van der Waals surface area (Å²) in [5.41, 5.74) is 0.173. The second-order valence-electron chi connectivity index (χ2n) is 4.35. The summed E-state index contributed by atoms with van der Waals surface area (Å²) in [7, 11) is 0. The van der Waals surface area contributed by atoms with E-state index in [9.17, 15) is 4.79 Å². The number of allylic oxidation sites excluding steroid dienone is 1. The minimum atomic E-state index is -0.0949. The van der Waals surface area contributed by atoms with Gasteiger partial charge in [-0.3, -0.25) is 4.79 Å². The van der Waals surface area contributed by atoms with Crippen molar-refractivity contribution in [1.82, 2.24) is 10.6 Å². The minimum Gasteiger partial charge on any atom is -0.511 e. The molecule has 0 atom stereocenters. The maximum absolute atomic E-state index is 10.2. The van der Waals surface area contributed by atoms with Gasteiger partial charge in [-0.15, -0.1) is 0 Å². The van der Waals surface area contributed by atoms with Gasteiger partial charge in [0.25, 0.3) is 5.91 Å². The normalized spacial score (nSPS) is 21.6. The van der Waals surface area contributed by atoms with Crippen LogP contribution in [0.1, 0.15) is 26.7 Å². The summed E-state index contributed by atoms with van der Waals surface area (Å²) in [5, 5.41) is 14.5. The third kappa shape index (κ3) is 4.72. The molecule has 0 saturated carbocycles. The molecular formula is C11H18N2O3. The van der Waals surface area contributed by atoms with Crippen molar-refractivity contribution < 1.29 is 14.6 Å². The second kappa shape index (κ2) is 5.44. The third-order valence-corrected chi connectivity index (χ3v) is 2.26. The Balaban J connectivity index is 0.000000165. The molecule has 0 aromatic carbocycles. The Morgan fingerprint density at radius 2 is 2.25 bits per heavy atom. The first-order valence-electron chi connectivity index (χ1n) is 5.21. The molecule has 0 unspecified atom stereocenters. The van der Waals surface area contributed by atoms with Crippen LogP contribution in [0.15, 0.2) is 24.4 Å². The second-order valence-corrected chi connectivity index (χ2v) is 4.35. The quantitative estimate of drug-likeness (QED) is 0.579. The summed E-state index contributed by atoms with van der Waals surface area (Å²) >= 11 is 0. The number of ether oxygens (including phenoxy) is 1. The van der Waals surface area contributed by atoms with Gasteiger partial charge in [0.2, 0.25) is 0 Å². The molecule has 0 spiro atoms. The lowest BCUT2D eigenvalue weighted by Gasteiger charge is -2.28. The minimum absolute atomic E-state index is 0.0949. The molecule has 0 saturated heterocycles. The highest BCUT2D eigenvalue weighted by Crippen LogP contribution is 2.18. The van der Waals surface area contributed by atoms with E-state index in [1.165, 1.54) is 12.5 Å². The molecule has 5 heteroatoms. The number of aliphatic hydroxyl groups is 1. The molecular weight excluding hydrogens is 208 g/mol. The zero-order chi connectivity index (χ0) is 12.0. The summed E-state index contributed by atoms with van der Waals surface area (Å²) in [6.07, 6.45) is 6.41. The number of carbonyl (C=O) groups is 1. The molecule has 0 aliphatic carbocycles. The molecule has 2 aliphatic heterocycles. The molecule has 16 heavy (non-hydrogen) atoms. The molecule has 2 aliphatic rings. The van der Waals surface area contributed by atoms with E-state index in [1.54, 1.807) is 6.20 Å².